The molecule has 0 unspecified atom stereocenters. The summed E-state index contributed by atoms with van der Waals surface area (Å²) in [5, 5.41) is 21.6. The van der Waals surface area contributed by atoms with Gasteiger partial charge in [-0.05, 0) is 102 Å². The second-order valence-corrected chi connectivity index (χ2v) is 14.9. The van der Waals surface area contributed by atoms with Gasteiger partial charge in [-0.2, -0.15) is 0 Å². The summed E-state index contributed by atoms with van der Waals surface area (Å²) >= 11 is 12.9. The van der Waals surface area contributed by atoms with Gasteiger partial charge in [0.25, 0.3) is 0 Å². The molecule has 4 aliphatic rings. The summed E-state index contributed by atoms with van der Waals surface area (Å²) in [4.78, 5) is 58.8. The van der Waals surface area contributed by atoms with Crippen LogP contribution in [0.15, 0.2) is 35.9 Å². The van der Waals surface area contributed by atoms with Crippen molar-refractivity contribution >= 4 is 80.2 Å². The maximum atomic E-state index is 12.3. The Hall–Kier alpha value is -4.46. The third kappa shape index (κ3) is 4.21. The van der Waals surface area contributed by atoms with Gasteiger partial charge >= 0.3 is 11.9 Å². The number of aryl methyl sites for hydroxylation is 2. The number of allylic oxidation sites excluding steroid dienone is 2. The van der Waals surface area contributed by atoms with Crippen molar-refractivity contribution in [2.45, 2.75) is 68.6 Å². The van der Waals surface area contributed by atoms with Gasteiger partial charge in [-0.15, -0.1) is 23.2 Å². The Morgan fingerprint density at radius 3 is 1.49 bits per heavy atom. The number of H-pyrrole nitrogens is 2. The molecule has 2 atom stereocenters. The van der Waals surface area contributed by atoms with Gasteiger partial charge in [0.05, 0.1) is 11.8 Å². The lowest BCUT2D eigenvalue weighted by Gasteiger charge is -2.31. The van der Waals surface area contributed by atoms with E-state index in [0.717, 1.165) is 87.3 Å². The Labute approximate surface area is 291 Å². The Kier molecular flexibility index (Phi) is 7.15. The van der Waals surface area contributed by atoms with Crippen LogP contribution in [0.5, 0.6) is 0 Å². The number of rotatable bonds is 8. The number of alkyl halides is 2. The first-order valence-electron chi connectivity index (χ1n) is 16.4. The maximum Gasteiger partial charge on any atom is 0.323 e. The number of carbonyl (C=O) groups excluding carboxylic acids is 2. The number of aliphatic carboxylic acids is 2. The predicted molar refractivity (Wildman–Crippen MR) is 188 cm³/mol. The van der Waals surface area contributed by atoms with E-state index in [1.807, 2.05) is 38.1 Å². The molecule has 4 heterocycles. The Morgan fingerprint density at radius 1 is 0.776 bits per heavy atom. The number of fused-ring (bicyclic) bond motifs is 8. The quantitative estimate of drug-likeness (QED) is 0.124. The summed E-state index contributed by atoms with van der Waals surface area (Å²) < 4.78 is 0. The van der Waals surface area contributed by atoms with E-state index in [1.54, 1.807) is 9.80 Å². The molecule has 0 radical (unpaired) electrons. The molecule has 0 amide bonds. The van der Waals surface area contributed by atoms with Crippen molar-refractivity contribution in [3.63, 3.8) is 0 Å². The first-order valence-corrected chi connectivity index (χ1v) is 17.5. The minimum atomic E-state index is -1.05. The van der Waals surface area contributed by atoms with Gasteiger partial charge in [0, 0.05) is 57.3 Å². The van der Waals surface area contributed by atoms with E-state index in [2.05, 4.69) is 22.1 Å². The molecule has 0 saturated heterocycles. The number of halogens is 2. The first kappa shape index (κ1) is 31.8. The molecule has 2 aromatic heterocycles. The number of carboxylic acids is 2. The number of carboxylic acid groups (broad SMARTS) is 2. The van der Waals surface area contributed by atoms with Crippen molar-refractivity contribution < 1.29 is 29.4 Å². The van der Waals surface area contributed by atoms with Crippen LogP contribution in [0.3, 0.4) is 0 Å². The molecule has 4 N–H and O–H groups in total. The van der Waals surface area contributed by atoms with Gasteiger partial charge in [0.15, 0.2) is 0 Å². The number of hydrogen-bond acceptors (Lipinski definition) is 6. The Balaban J connectivity index is 1.31. The molecule has 4 aromatic rings. The van der Waals surface area contributed by atoms with E-state index >= 15 is 0 Å². The van der Waals surface area contributed by atoms with Gasteiger partial charge < -0.3 is 30.0 Å². The smallest absolute Gasteiger partial charge is 0.323 e. The fourth-order valence-corrected chi connectivity index (χ4v) is 10.6. The number of aromatic amines is 2. The van der Waals surface area contributed by atoms with E-state index in [-0.39, 0.29) is 47.1 Å². The van der Waals surface area contributed by atoms with Crippen LogP contribution >= 0.6 is 23.2 Å². The molecule has 2 aliphatic heterocycles. The molecule has 2 aliphatic carbocycles. The molecule has 2 fully saturated rings. The maximum absolute atomic E-state index is 12.3. The van der Waals surface area contributed by atoms with E-state index in [4.69, 9.17) is 23.2 Å². The monoisotopic (exact) mass is 700 g/mol. The molecule has 2 bridgehead atoms. The average Bonchev–Trinajstić information content (AvgIpc) is 3.92. The van der Waals surface area contributed by atoms with Gasteiger partial charge in [-0.1, -0.05) is 0 Å². The third-order valence-electron chi connectivity index (χ3n) is 12.0. The third-order valence-corrected chi connectivity index (χ3v) is 12.6. The summed E-state index contributed by atoms with van der Waals surface area (Å²) in [6, 6.07) is 4.17. The van der Waals surface area contributed by atoms with Gasteiger partial charge in [-0.25, -0.2) is 9.59 Å². The summed E-state index contributed by atoms with van der Waals surface area (Å²) in [5.74, 6) is 1.22. The van der Waals surface area contributed by atoms with Crippen LogP contribution in [-0.2, 0) is 30.0 Å². The van der Waals surface area contributed by atoms with E-state index < -0.39 is 23.8 Å². The van der Waals surface area contributed by atoms with Crippen molar-refractivity contribution in [2.75, 3.05) is 34.6 Å². The fourth-order valence-electron chi connectivity index (χ4n) is 9.99. The zero-order valence-electron chi connectivity index (χ0n) is 27.0. The topological polar surface area (TPSA) is 147 Å². The van der Waals surface area contributed by atoms with Gasteiger partial charge in [0.2, 0.25) is 0 Å². The van der Waals surface area contributed by atoms with Gasteiger partial charge in [-0.3, -0.25) is 9.59 Å². The second kappa shape index (κ2) is 11.0. The second-order valence-electron chi connectivity index (χ2n) is 14.2. The summed E-state index contributed by atoms with van der Waals surface area (Å²) in [6.45, 7) is 3.28. The average molecular weight is 702 g/mol. The lowest BCUT2D eigenvalue weighted by molar-refractivity contribution is -0.136. The van der Waals surface area contributed by atoms with E-state index in [9.17, 15) is 29.4 Å². The van der Waals surface area contributed by atoms with Crippen molar-refractivity contribution in [1.29, 1.82) is 0 Å². The standard InChI is InChI=1S/C37H34Cl2N4O6/c1-18-11-40-34-22(7-24-32(30(18)34)20(9-38)26(15-44)42(24)13-28(46)47)36-3-5-37(17-36,6-4-36)23-8-25-33(31-19(2)12-41-35(23)31)21(10-39)27(16-45)43(25)14-29(48)49/h7-8,11-12,20-21,40-41H,3-6,9-10,13-14,17H2,1-2H3,(H,46,47)(H,48,49)/t20-,21-,36?,37?/m1/s1. The number of anilines is 2. The van der Waals surface area contributed by atoms with Crippen LogP contribution in [0.2, 0.25) is 0 Å². The van der Waals surface area contributed by atoms with E-state index in [0.29, 0.717) is 11.4 Å². The number of nitrogens with one attached hydrogen (secondary N) is 2. The Morgan fingerprint density at radius 2 is 1.16 bits per heavy atom. The molecule has 2 saturated carbocycles. The molecule has 10 nitrogen and oxygen atoms in total. The van der Waals surface area contributed by atoms with Crippen molar-refractivity contribution in [3.05, 3.63) is 69.3 Å². The molecule has 8 rings (SSSR count). The highest BCUT2D eigenvalue weighted by Gasteiger charge is 2.58. The van der Waals surface area contributed by atoms with Crippen molar-refractivity contribution in [1.82, 2.24) is 9.97 Å². The highest BCUT2D eigenvalue weighted by atomic mass is 35.5. The zero-order chi connectivity index (χ0) is 34.6. The summed E-state index contributed by atoms with van der Waals surface area (Å²) in [6.07, 6.45) is 8.28. The van der Waals surface area contributed by atoms with Gasteiger partial charge in [0.1, 0.15) is 36.4 Å². The molecule has 252 valence electrons. The van der Waals surface area contributed by atoms with Crippen molar-refractivity contribution in [3.8, 4) is 0 Å². The lowest BCUT2D eigenvalue weighted by atomic mass is 9.74. The number of hydrogen-bond donors (Lipinski definition) is 4. The number of nitrogens with zero attached hydrogens (tertiary/aromatic N) is 2. The minimum absolute atomic E-state index is 0.120. The van der Waals surface area contributed by atoms with Crippen LogP contribution in [0.1, 0.15) is 77.3 Å². The highest BCUT2D eigenvalue weighted by molar-refractivity contribution is 6.20. The molecular weight excluding hydrogens is 667 g/mol. The predicted octanol–water partition coefficient (Wildman–Crippen LogP) is 6.30. The number of aromatic nitrogens is 2. The highest BCUT2D eigenvalue weighted by Crippen LogP contribution is 2.66. The zero-order valence-corrected chi connectivity index (χ0v) is 28.5. The summed E-state index contributed by atoms with van der Waals surface area (Å²) in [7, 11) is 0. The lowest BCUT2D eigenvalue weighted by Crippen LogP contribution is -2.28. The van der Waals surface area contributed by atoms with Crippen LogP contribution in [0, 0.1) is 13.8 Å². The normalized spacial score (nSPS) is 25.4. The number of carbonyl (C=O) groups is 2. The molecular formula is C37H34Cl2N4O6. The molecule has 12 heteroatoms. The number of benzene rings is 2. The van der Waals surface area contributed by atoms with Crippen molar-refractivity contribution in [2.24, 2.45) is 0 Å². The SMILES string of the molecule is Cc1c[nH]c2c(C34CCC(c5cc6c(c7c(C)c[nH]c57)[C@H](CCl)C(=C=O)N6CC(=O)O)(CC3)C4)cc3c(c12)[C@H](CCl)C(=C=O)N3CC(=O)O. The molecule has 2 aromatic carbocycles. The van der Waals surface area contributed by atoms with Crippen LogP contribution < -0.4 is 9.80 Å². The minimum Gasteiger partial charge on any atom is -0.480 e. The van der Waals surface area contributed by atoms with Crippen LogP contribution in [0.25, 0.3) is 21.8 Å². The molecule has 0 spiro atoms. The fraction of sp³-hybridized carbons (Fsp3) is 0.405. The van der Waals surface area contributed by atoms with Crippen LogP contribution in [-0.4, -0.2) is 68.9 Å². The van der Waals surface area contributed by atoms with Crippen LogP contribution in [0.4, 0.5) is 11.4 Å². The summed E-state index contributed by atoms with van der Waals surface area (Å²) in [5.41, 5.74) is 9.27. The Bertz CT molecular complexity index is 2080. The molecule has 49 heavy (non-hydrogen) atoms. The van der Waals surface area contributed by atoms with E-state index in [1.165, 1.54) is 0 Å². The largest absolute Gasteiger partial charge is 0.480 e. The first-order chi connectivity index (χ1) is 23.5.